The number of fused-ring (bicyclic) bond motifs is 1. The number of ether oxygens (including phenoxy) is 1. The molecule has 4 aromatic rings. The van der Waals surface area contributed by atoms with Gasteiger partial charge in [0, 0.05) is 17.1 Å². The lowest BCUT2D eigenvalue weighted by molar-refractivity contribution is 0.414. The van der Waals surface area contributed by atoms with Gasteiger partial charge in [-0.05, 0) is 48.4 Å². The molecule has 1 atom stereocenters. The summed E-state index contributed by atoms with van der Waals surface area (Å²) in [6.45, 7) is 1.93. The molecule has 5 nitrogen and oxygen atoms in total. The summed E-state index contributed by atoms with van der Waals surface area (Å²) in [5, 5.41) is 0.972. The molecule has 0 saturated carbocycles. The Bertz CT molecular complexity index is 1230. The van der Waals surface area contributed by atoms with E-state index in [9.17, 15) is 8.42 Å². The second-order valence-electron chi connectivity index (χ2n) is 6.93. The van der Waals surface area contributed by atoms with Gasteiger partial charge in [-0.15, -0.1) is 0 Å². The Morgan fingerprint density at radius 3 is 2.31 bits per heavy atom. The van der Waals surface area contributed by atoms with Crippen molar-refractivity contribution in [2.75, 3.05) is 7.11 Å². The van der Waals surface area contributed by atoms with Gasteiger partial charge in [-0.3, -0.25) is 0 Å². The fourth-order valence-corrected chi connectivity index (χ4v) is 4.58. The van der Waals surface area contributed by atoms with Gasteiger partial charge in [-0.25, -0.2) is 8.42 Å². The summed E-state index contributed by atoms with van der Waals surface area (Å²) in [5.41, 5.74) is 3.65. The molecule has 0 spiro atoms. The van der Waals surface area contributed by atoms with E-state index < -0.39 is 16.1 Å². The van der Waals surface area contributed by atoms with E-state index >= 15 is 0 Å². The number of aromatic nitrogens is 1. The van der Waals surface area contributed by atoms with Crippen molar-refractivity contribution in [1.29, 1.82) is 0 Å². The Morgan fingerprint density at radius 2 is 1.62 bits per heavy atom. The van der Waals surface area contributed by atoms with E-state index in [4.69, 9.17) is 4.74 Å². The topological polar surface area (TPSA) is 71.2 Å². The Labute approximate surface area is 170 Å². The van der Waals surface area contributed by atoms with Crippen molar-refractivity contribution < 1.29 is 13.2 Å². The third-order valence-electron chi connectivity index (χ3n) is 4.99. The first kappa shape index (κ1) is 19.2. The zero-order chi connectivity index (χ0) is 20.4. The molecule has 0 radical (unpaired) electrons. The molecule has 0 aliphatic carbocycles. The van der Waals surface area contributed by atoms with Crippen molar-refractivity contribution in [2.45, 2.75) is 17.9 Å². The lowest BCUT2D eigenvalue weighted by Crippen LogP contribution is -2.29. The van der Waals surface area contributed by atoms with E-state index in [1.807, 2.05) is 61.7 Å². The number of benzene rings is 3. The van der Waals surface area contributed by atoms with Gasteiger partial charge >= 0.3 is 0 Å². The Morgan fingerprint density at radius 1 is 0.931 bits per heavy atom. The van der Waals surface area contributed by atoms with Crippen LogP contribution in [0.1, 0.15) is 22.7 Å². The molecular weight excluding hydrogens is 384 g/mol. The van der Waals surface area contributed by atoms with Crippen LogP contribution in [0.5, 0.6) is 5.75 Å². The molecule has 148 valence electrons. The van der Waals surface area contributed by atoms with Crippen LogP contribution in [-0.2, 0) is 10.0 Å². The monoisotopic (exact) mass is 406 g/mol. The predicted molar refractivity (Wildman–Crippen MR) is 115 cm³/mol. The number of hydrogen-bond acceptors (Lipinski definition) is 3. The highest BCUT2D eigenvalue weighted by atomic mass is 32.2. The molecule has 4 rings (SSSR count). The molecule has 6 heteroatoms. The lowest BCUT2D eigenvalue weighted by atomic mass is 9.99. The average Bonchev–Trinajstić information content (AvgIpc) is 3.16. The summed E-state index contributed by atoms with van der Waals surface area (Å²) >= 11 is 0. The molecule has 3 aromatic carbocycles. The standard InChI is InChI=1S/C23H22N2O3S/c1-16-7-13-19(14-8-16)29(26,27)25-23(17-9-11-18(28-2)12-10-17)21-15-24-22-6-4-3-5-20(21)22/h3-15,23-25H,1-2H3/t23-/m0/s1. The largest absolute Gasteiger partial charge is 0.497 e. The number of aryl methyl sites for hydroxylation is 1. The van der Waals surface area contributed by atoms with Gasteiger partial charge in [-0.1, -0.05) is 48.0 Å². The highest BCUT2D eigenvalue weighted by Gasteiger charge is 2.25. The van der Waals surface area contributed by atoms with Crippen molar-refractivity contribution in [3.8, 4) is 5.75 Å². The fraction of sp³-hybridized carbons (Fsp3) is 0.130. The van der Waals surface area contributed by atoms with Crippen molar-refractivity contribution in [3.05, 3.63) is 95.7 Å². The molecule has 0 saturated heterocycles. The summed E-state index contributed by atoms with van der Waals surface area (Å²) in [5.74, 6) is 0.716. The zero-order valence-electron chi connectivity index (χ0n) is 16.2. The van der Waals surface area contributed by atoms with Gasteiger partial charge in [-0.2, -0.15) is 4.72 Å². The molecule has 2 N–H and O–H groups in total. The molecule has 1 heterocycles. The number of para-hydroxylation sites is 1. The smallest absolute Gasteiger partial charge is 0.241 e. The quantitative estimate of drug-likeness (QED) is 0.493. The van der Waals surface area contributed by atoms with Gasteiger partial charge in [0.25, 0.3) is 0 Å². The minimum Gasteiger partial charge on any atom is -0.497 e. The number of rotatable bonds is 6. The first-order chi connectivity index (χ1) is 14.0. The van der Waals surface area contributed by atoms with Crippen LogP contribution in [0.15, 0.2) is 83.9 Å². The van der Waals surface area contributed by atoms with E-state index in [0.29, 0.717) is 5.75 Å². The molecule has 29 heavy (non-hydrogen) atoms. The molecule has 0 aliphatic rings. The maximum absolute atomic E-state index is 13.1. The van der Waals surface area contributed by atoms with Crippen LogP contribution in [0.25, 0.3) is 10.9 Å². The van der Waals surface area contributed by atoms with Crippen LogP contribution < -0.4 is 9.46 Å². The maximum atomic E-state index is 13.1. The van der Waals surface area contributed by atoms with Crippen molar-refractivity contribution in [3.63, 3.8) is 0 Å². The van der Waals surface area contributed by atoms with Gasteiger partial charge in [0.1, 0.15) is 5.75 Å². The zero-order valence-corrected chi connectivity index (χ0v) is 17.0. The van der Waals surface area contributed by atoms with Crippen LogP contribution in [-0.4, -0.2) is 20.5 Å². The predicted octanol–water partition coefficient (Wildman–Crippen LogP) is 4.55. The Balaban J connectivity index is 1.80. The highest BCUT2D eigenvalue weighted by Crippen LogP contribution is 2.31. The number of methoxy groups -OCH3 is 1. The number of hydrogen-bond donors (Lipinski definition) is 2. The van der Waals surface area contributed by atoms with Crippen LogP contribution in [0, 0.1) is 6.92 Å². The second kappa shape index (κ2) is 7.73. The summed E-state index contributed by atoms with van der Waals surface area (Å²) in [7, 11) is -2.13. The minimum atomic E-state index is -3.73. The molecule has 0 aliphatic heterocycles. The van der Waals surface area contributed by atoms with Crippen LogP contribution in [0.3, 0.4) is 0 Å². The summed E-state index contributed by atoms with van der Waals surface area (Å²) in [6.07, 6.45) is 1.86. The van der Waals surface area contributed by atoms with Crippen molar-refractivity contribution in [1.82, 2.24) is 9.71 Å². The summed E-state index contributed by atoms with van der Waals surface area (Å²) < 4.78 is 34.4. The van der Waals surface area contributed by atoms with Gasteiger partial charge in [0.15, 0.2) is 0 Å². The van der Waals surface area contributed by atoms with Gasteiger partial charge < -0.3 is 9.72 Å². The average molecular weight is 407 g/mol. The fourth-order valence-electron chi connectivity index (χ4n) is 3.38. The molecule has 0 bridgehead atoms. The highest BCUT2D eigenvalue weighted by molar-refractivity contribution is 7.89. The number of nitrogens with one attached hydrogen (secondary N) is 2. The van der Waals surface area contributed by atoms with Crippen LogP contribution >= 0.6 is 0 Å². The van der Waals surface area contributed by atoms with Crippen LogP contribution in [0.4, 0.5) is 0 Å². The maximum Gasteiger partial charge on any atom is 0.241 e. The second-order valence-corrected chi connectivity index (χ2v) is 8.64. The molecule has 0 unspecified atom stereocenters. The third-order valence-corrected chi connectivity index (χ3v) is 6.42. The third kappa shape index (κ3) is 3.90. The normalized spacial score (nSPS) is 12.8. The summed E-state index contributed by atoms with van der Waals surface area (Å²) in [6, 6.07) is 21.5. The first-order valence-electron chi connectivity index (χ1n) is 9.27. The van der Waals surface area contributed by atoms with Crippen molar-refractivity contribution >= 4 is 20.9 Å². The van der Waals surface area contributed by atoms with E-state index in [1.54, 1.807) is 31.4 Å². The molecule has 0 fully saturated rings. The lowest BCUT2D eigenvalue weighted by Gasteiger charge is -2.20. The SMILES string of the molecule is COc1ccc([C@H](NS(=O)(=O)c2ccc(C)cc2)c2c[nH]c3ccccc23)cc1. The minimum absolute atomic E-state index is 0.237. The van der Waals surface area contributed by atoms with Crippen molar-refractivity contribution in [2.24, 2.45) is 0 Å². The van der Waals surface area contributed by atoms with Gasteiger partial charge in [0.05, 0.1) is 18.0 Å². The first-order valence-corrected chi connectivity index (χ1v) is 10.8. The Hall–Kier alpha value is -3.09. The van der Waals surface area contributed by atoms with E-state index in [1.165, 1.54) is 0 Å². The Kier molecular flexibility index (Phi) is 5.13. The number of sulfonamides is 1. The van der Waals surface area contributed by atoms with E-state index in [0.717, 1.165) is 27.6 Å². The van der Waals surface area contributed by atoms with E-state index in [2.05, 4.69) is 9.71 Å². The van der Waals surface area contributed by atoms with Gasteiger partial charge in [0.2, 0.25) is 10.0 Å². The van der Waals surface area contributed by atoms with E-state index in [-0.39, 0.29) is 4.90 Å². The number of H-pyrrole nitrogens is 1. The van der Waals surface area contributed by atoms with Crippen LogP contribution in [0.2, 0.25) is 0 Å². The summed E-state index contributed by atoms with van der Waals surface area (Å²) in [4.78, 5) is 3.47. The molecule has 1 aromatic heterocycles. The molecule has 0 amide bonds. The number of aromatic amines is 1. The molecular formula is C23H22N2O3S.